The number of hydrogen-bond donors (Lipinski definition) is 2. The average molecular weight is 415 g/mol. The van der Waals surface area contributed by atoms with E-state index in [0.717, 1.165) is 12.3 Å². The van der Waals surface area contributed by atoms with Crippen molar-refractivity contribution < 1.29 is 24.3 Å². The number of phenols is 1. The number of pyridine rings is 1. The summed E-state index contributed by atoms with van der Waals surface area (Å²) in [4.78, 5) is 29.3. The minimum atomic E-state index is -0.732. The molecule has 1 aliphatic rings. The van der Waals surface area contributed by atoms with Gasteiger partial charge >= 0.3 is 5.69 Å². The van der Waals surface area contributed by atoms with Crippen molar-refractivity contribution in [3.05, 3.63) is 57.9 Å². The summed E-state index contributed by atoms with van der Waals surface area (Å²) < 4.78 is 10.4. The van der Waals surface area contributed by atoms with Gasteiger partial charge in [0.1, 0.15) is 11.8 Å². The van der Waals surface area contributed by atoms with Gasteiger partial charge in [-0.3, -0.25) is 24.8 Å². The number of hydrazone groups is 1. The molecule has 0 bridgehead atoms. The zero-order chi connectivity index (χ0) is 21.5. The maximum Gasteiger partial charge on any atom is 0.315 e. The number of carbonyl (C=O) groups is 1. The molecule has 2 N–H and O–H groups in total. The van der Waals surface area contributed by atoms with Crippen LogP contribution in [0.5, 0.6) is 11.5 Å². The highest BCUT2D eigenvalue weighted by Crippen LogP contribution is 2.33. The van der Waals surface area contributed by atoms with E-state index in [-0.39, 0.29) is 11.3 Å². The summed E-state index contributed by atoms with van der Waals surface area (Å²) in [5.41, 5.74) is 2.65. The summed E-state index contributed by atoms with van der Waals surface area (Å²) in [6.45, 7) is 2.16. The summed E-state index contributed by atoms with van der Waals surface area (Å²) in [7, 11) is 1.35. The maximum atomic E-state index is 12.9. The van der Waals surface area contributed by atoms with Crippen molar-refractivity contribution >= 4 is 17.8 Å². The molecule has 0 radical (unpaired) electrons. The molecule has 1 fully saturated rings. The van der Waals surface area contributed by atoms with E-state index >= 15 is 0 Å². The van der Waals surface area contributed by atoms with E-state index in [4.69, 9.17) is 9.47 Å². The number of carbonyl (C=O) groups excluding carboxylic acids is 1. The van der Waals surface area contributed by atoms with Gasteiger partial charge in [-0.1, -0.05) is 6.07 Å². The molecule has 3 rings (SSSR count). The van der Waals surface area contributed by atoms with E-state index in [9.17, 15) is 20.0 Å². The lowest BCUT2D eigenvalue weighted by Gasteiger charge is -2.33. The normalized spacial score (nSPS) is 15.6. The Morgan fingerprint density at radius 3 is 2.87 bits per heavy atom. The van der Waals surface area contributed by atoms with E-state index in [1.54, 1.807) is 24.5 Å². The number of methoxy groups -OCH3 is 1. The van der Waals surface area contributed by atoms with Crippen molar-refractivity contribution in [2.45, 2.75) is 6.04 Å². The van der Waals surface area contributed by atoms with Crippen LogP contribution in [0.15, 0.2) is 41.8 Å². The van der Waals surface area contributed by atoms with Crippen LogP contribution in [0.2, 0.25) is 0 Å². The van der Waals surface area contributed by atoms with Crippen LogP contribution in [-0.2, 0) is 9.53 Å². The second-order valence-corrected chi connectivity index (χ2v) is 6.41. The number of hydrogen-bond acceptors (Lipinski definition) is 9. The SMILES string of the molecule is COc1cc(C=NNC(=O)C(c2cccnc2)N2CCOCC2)c(O)c([N+](=O)[O-])c1. The molecular formula is C19H21N5O6. The number of amides is 1. The molecule has 1 amide bonds. The summed E-state index contributed by atoms with van der Waals surface area (Å²) >= 11 is 0. The lowest BCUT2D eigenvalue weighted by Crippen LogP contribution is -2.45. The van der Waals surface area contributed by atoms with Crippen LogP contribution >= 0.6 is 0 Å². The quantitative estimate of drug-likeness (QED) is 0.391. The fourth-order valence-corrected chi connectivity index (χ4v) is 3.10. The van der Waals surface area contributed by atoms with E-state index < -0.39 is 28.3 Å². The Morgan fingerprint density at radius 1 is 1.47 bits per heavy atom. The number of nitro benzene ring substituents is 1. The summed E-state index contributed by atoms with van der Waals surface area (Å²) in [6.07, 6.45) is 4.36. The Kier molecular flexibility index (Phi) is 6.88. The predicted octanol–water partition coefficient (Wildman–Crippen LogP) is 1.23. The Labute approximate surface area is 172 Å². The first-order valence-electron chi connectivity index (χ1n) is 9.11. The van der Waals surface area contributed by atoms with Gasteiger partial charge in [-0.25, -0.2) is 5.43 Å². The fourth-order valence-electron chi connectivity index (χ4n) is 3.10. The van der Waals surface area contributed by atoms with Crippen LogP contribution < -0.4 is 10.2 Å². The molecule has 30 heavy (non-hydrogen) atoms. The molecule has 0 aliphatic carbocycles. The number of aromatic hydroxyl groups is 1. The van der Waals surface area contributed by atoms with Gasteiger partial charge in [-0.05, 0) is 17.7 Å². The van der Waals surface area contributed by atoms with E-state index in [1.807, 2.05) is 4.90 Å². The first kappa shape index (κ1) is 21.1. The third kappa shape index (κ3) is 4.88. The number of rotatable bonds is 7. The largest absolute Gasteiger partial charge is 0.502 e. The van der Waals surface area contributed by atoms with Crippen molar-refractivity contribution in [1.29, 1.82) is 0 Å². The Bertz CT molecular complexity index is 931. The van der Waals surface area contributed by atoms with E-state index in [2.05, 4.69) is 15.5 Å². The third-order valence-electron chi connectivity index (χ3n) is 4.56. The fraction of sp³-hybridized carbons (Fsp3) is 0.316. The molecule has 1 atom stereocenters. The van der Waals surface area contributed by atoms with Crippen molar-refractivity contribution in [2.75, 3.05) is 33.4 Å². The molecule has 1 unspecified atom stereocenters. The first-order chi connectivity index (χ1) is 14.5. The number of nitrogens with zero attached hydrogens (tertiary/aromatic N) is 4. The van der Waals surface area contributed by atoms with E-state index in [0.29, 0.717) is 31.9 Å². The number of morpholine rings is 1. The van der Waals surface area contributed by atoms with Crippen LogP contribution in [0, 0.1) is 10.1 Å². The molecule has 2 heterocycles. The van der Waals surface area contributed by atoms with Crippen LogP contribution in [-0.4, -0.2) is 65.4 Å². The number of phenolic OH excluding ortho intramolecular Hbond substituents is 1. The molecule has 2 aromatic rings. The molecular weight excluding hydrogens is 394 g/mol. The van der Waals surface area contributed by atoms with Crippen molar-refractivity contribution in [3.63, 3.8) is 0 Å². The Balaban J connectivity index is 1.81. The zero-order valence-electron chi connectivity index (χ0n) is 16.2. The lowest BCUT2D eigenvalue weighted by molar-refractivity contribution is -0.385. The molecule has 11 nitrogen and oxygen atoms in total. The first-order valence-corrected chi connectivity index (χ1v) is 9.11. The molecule has 11 heteroatoms. The number of nitro groups is 1. The number of benzene rings is 1. The molecule has 0 spiro atoms. The van der Waals surface area contributed by atoms with Gasteiger partial charge in [0.15, 0.2) is 0 Å². The molecule has 1 aliphatic heterocycles. The molecule has 1 aromatic heterocycles. The highest BCUT2D eigenvalue weighted by molar-refractivity contribution is 5.89. The van der Waals surface area contributed by atoms with Crippen LogP contribution in [0.1, 0.15) is 17.2 Å². The second-order valence-electron chi connectivity index (χ2n) is 6.41. The highest BCUT2D eigenvalue weighted by atomic mass is 16.6. The average Bonchev–Trinajstić information content (AvgIpc) is 2.76. The number of nitrogens with one attached hydrogen (secondary N) is 1. The molecule has 158 valence electrons. The minimum Gasteiger partial charge on any atom is -0.502 e. The van der Waals surface area contributed by atoms with Gasteiger partial charge in [-0.15, -0.1) is 0 Å². The lowest BCUT2D eigenvalue weighted by atomic mass is 10.1. The maximum absolute atomic E-state index is 12.9. The Morgan fingerprint density at radius 2 is 2.23 bits per heavy atom. The second kappa shape index (κ2) is 9.76. The van der Waals surface area contributed by atoms with Crippen LogP contribution in [0.25, 0.3) is 0 Å². The number of ether oxygens (including phenoxy) is 2. The predicted molar refractivity (Wildman–Crippen MR) is 106 cm³/mol. The topological polar surface area (TPSA) is 139 Å². The van der Waals surface area contributed by atoms with Gasteiger partial charge < -0.3 is 14.6 Å². The van der Waals surface area contributed by atoms with Gasteiger partial charge in [0, 0.05) is 31.0 Å². The molecule has 0 saturated carbocycles. The standard InChI is InChI=1S/C19H21N5O6/c1-29-15-9-14(18(25)16(10-15)24(27)28)12-21-22-19(26)17(13-3-2-4-20-11-13)23-5-7-30-8-6-23/h2-4,9-12,17,25H,5-8H2,1H3,(H,22,26). The van der Waals surface area contributed by atoms with Gasteiger partial charge in [0.2, 0.25) is 5.75 Å². The van der Waals surface area contributed by atoms with Crippen molar-refractivity contribution in [2.24, 2.45) is 5.10 Å². The smallest absolute Gasteiger partial charge is 0.315 e. The summed E-state index contributed by atoms with van der Waals surface area (Å²) in [5, 5.41) is 25.1. The van der Waals surface area contributed by atoms with Gasteiger partial charge in [0.25, 0.3) is 5.91 Å². The van der Waals surface area contributed by atoms with Crippen LogP contribution in [0.3, 0.4) is 0 Å². The Hall–Kier alpha value is -3.57. The van der Waals surface area contributed by atoms with E-state index in [1.165, 1.54) is 13.2 Å². The number of aromatic nitrogens is 1. The zero-order valence-corrected chi connectivity index (χ0v) is 16.2. The van der Waals surface area contributed by atoms with Gasteiger partial charge in [-0.2, -0.15) is 5.10 Å². The third-order valence-corrected chi connectivity index (χ3v) is 4.56. The highest BCUT2D eigenvalue weighted by Gasteiger charge is 2.29. The van der Waals surface area contributed by atoms with Crippen molar-refractivity contribution in [1.82, 2.24) is 15.3 Å². The van der Waals surface area contributed by atoms with Crippen LogP contribution in [0.4, 0.5) is 5.69 Å². The molecule has 1 aromatic carbocycles. The minimum absolute atomic E-state index is 0.0330. The molecule has 1 saturated heterocycles. The summed E-state index contributed by atoms with van der Waals surface area (Å²) in [5.74, 6) is -0.803. The van der Waals surface area contributed by atoms with Crippen molar-refractivity contribution in [3.8, 4) is 11.5 Å². The summed E-state index contributed by atoms with van der Waals surface area (Å²) in [6, 6.07) is 5.38. The van der Waals surface area contributed by atoms with Gasteiger partial charge in [0.05, 0.1) is 37.5 Å². The monoisotopic (exact) mass is 415 g/mol.